The number of anilines is 1. The third-order valence-corrected chi connectivity index (χ3v) is 5.05. The number of nitrogens with zero attached hydrogens (tertiary/aromatic N) is 3. The molecule has 2 rings (SSSR count). The van der Waals surface area contributed by atoms with Crippen molar-refractivity contribution in [2.45, 2.75) is 27.7 Å². The maximum absolute atomic E-state index is 12.5. The molecule has 0 bridgehead atoms. The highest BCUT2D eigenvalue weighted by Gasteiger charge is 2.25. The molecule has 1 fully saturated rings. The molecule has 0 saturated carbocycles. The van der Waals surface area contributed by atoms with Crippen molar-refractivity contribution in [1.82, 2.24) is 4.90 Å². The summed E-state index contributed by atoms with van der Waals surface area (Å²) in [6, 6.07) is 7.99. The predicted molar refractivity (Wildman–Crippen MR) is 118 cm³/mol. The van der Waals surface area contributed by atoms with Crippen molar-refractivity contribution in [2.75, 3.05) is 44.3 Å². The molecule has 8 heteroatoms. The van der Waals surface area contributed by atoms with Crippen molar-refractivity contribution in [3.8, 4) is 6.07 Å². The van der Waals surface area contributed by atoms with Gasteiger partial charge in [0, 0.05) is 31.9 Å². The molecule has 0 spiro atoms. The van der Waals surface area contributed by atoms with E-state index in [9.17, 15) is 14.9 Å². The Bertz CT molecular complexity index is 902. The molecule has 0 aliphatic carbocycles. The first-order chi connectivity index (χ1) is 14.8. The van der Waals surface area contributed by atoms with E-state index in [-0.39, 0.29) is 30.2 Å². The van der Waals surface area contributed by atoms with Crippen LogP contribution in [0, 0.1) is 25.2 Å². The Labute approximate surface area is 183 Å². The van der Waals surface area contributed by atoms with Gasteiger partial charge in [-0.25, -0.2) is 9.59 Å². The first kappa shape index (κ1) is 23.8. The summed E-state index contributed by atoms with van der Waals surface area (Å²) in [6.45, 7) is 10.3. The van der Waals surface area contributed by atoms with Gasteiger partial charge in [0.25, 0.3) is 0 Å². The number of ether oxygens (including phenoxy) is 2. The number of hydrogen-bond acceptors (Lipinski definition) is 8. The fourth-order valence-electron chi connectivity index (χ4n) is 3.58. The van der Waals surface area contributed by atoms with Crippen molar-refractivity contribution in [3.05, 3.63) is 52.4 Å². The smallest absolute Gasteiger partial charge is 0.348 e. The largest absolute Gasteiger partial charge is 0.462 e. The summed E-state index contributed by atoms with van der Waals surface area (Å²) in [5.41, 5.74) is 9.63. The molecule has 1 heterocycles. The van der Waals surface area contributed by atoms with Crippen molar-refractivity contribution < 1.29 is 19.1 Å². The van der Waals surface area contributed by atoms with E-state index < -0.39 is 11.9 Å². The highest BCUT2D eigenvalue weighted by Crippen LogP contribution is 2.26. The molecular weight excluding hydrogens is 396 g/mol. The van der Waals surface area contributed by atoms with Crippen LogP contribution in [0.3, 0.4) is 0 Å². The van der Waals surface area contributed by atoms with Crippen molar-refractivity contribution in [1.29, 1.82) is 5.26 Å². The molecule has 0 radical (unpaired) electrons. The van der Waals surface area contributed by atoms with Gasteiger partial charge in [-0.2, -0.15) is 5.26 Å². The van der Waals surface area contributed by atoms with Crippen LogP contribution >= 0.6 is 0 Å². The summed E-state index contributed by atoms with van der Waals surface area (Å²) in [5, 5.41) is 9.33. The van der Waals surface area contributed by atoms with Crippen molar-refractivity contribution in [3.63, 3.8) is 0 Å². The number of nitriles is 1. The molecule has 0 amide bonds. The van der Waals surface area contributed by atoms with Gasteiger partial charge in [0.05, 0.1) is 13.2 Å². The number of aryl methyl sites for hydroxylation is 2. The quantitative estimate of drug-likeness (QED) is 0.306. The zero-order valence-corrected chi connectivity index (χ0v) is 18.6. The SMILES string of the molecule is CCOC(=O)C(/C=C(\C#N)C(=O)OCC)=C(N)N1CCN(c2c(C)cccc2C)CC1. The molecule has 1 saturated heterocycles. The molecule has 0 unspecified atom stereocenters. The lowest BCUT2D eigenvalue weighted by Gasteiger charge is -2.39. The van der Waals surface area contributed by atoms with Crippen LogP contribution in [0.1, 0.15) is 25.0 Å². The van der Waals surface area contributed by atoms with Gasteiger partial charge in [-0.1, -0.05) is 18.2 Å². The standard InChI is InChI=1S/C23H30N4O4/c1-5-30-22(28)18(15-24)14-19(23(29)31-6-2)21(25)27-12-10-26(11-13-27)20-16(3)8-7-9-17(20)4/h7-9,14H,5-6,10-13,25H2,1-4H3/b18-14+,21-19?. The van der Waals surface area contributed by atoms with Crippen LogP contribution in [-0.2, 0) is 19.1 Å². The maximum Gasteiger partial charge on any atom is 0.348 e. The lowest BCUT2D eigenvalue weighted by atomic mass is 10.1. The molecule has 8 nitrogen and oxygen atoms in total. The number of esters is 2. The summed E-state index contributed by atoms with van der Waals surface area (Å²) in [7, 11) is 0. The Hall–Kier alpha value is -3.47. The Kier molecular flexibility index (Phi) is 8.50. The van der Waals surface area contributed by atoms with Crippen LogP contribution in [0.25, 0.3) is 0 Å². The van der Waals surface area contributed by atoms with E-state index in [4.69, 9.17) is 15.2 Å². The Morgan fingerprint density at radius 2 is 1.61 bits per heavy atom. The Morgan fingerprint density at radius 3 is 2.13 bits per heavy atom. The number of carbonyl (C=O) groups excluding carboxylic acids is 2. The normalized spacial score (nSPS) is 15.1. The van der Waals surface area contributed by atoms with Crippen LogP contribution in [0.5, 0.6) is 0 Å². The molecule has 1 aromatic carbocycles. The average Bonchev–Trinajstić information content (AvgIpc) is 2.74. The molecule has 1 aliphatic rings. The summed E-state index contributed by atoms with van der Waals surface area (Å²) in [5.74, 6) is -1.31. The average molecular weight is 427 g/mol. The fraction of sp³-hybridized carbons (Fsp3) is 0.435. The molecule has 0 aromatic heterocycles. The topological polar surface area (TPSA) is 109 Å². The lowest BCUT2D eigenvalue weighted by Crippen LogP contribution is -2.48. The van der Waals surface area contributed by atoms with Gasteiger partial charge in [0.2, 0.25) is 0 Å². The van der Waals surface area contributed by atoms with Gasteiger partial charge in [-0.05, 0) is 44.9 Å². The third kappa shape index (κ3) is 5.79. The lowest BCUT2D eigenvalue weighted by molar-refractivity contribution is -0.138. The number of carbonyl (C=O) groups is 2. The van der Waals surface area contributed by atoms with E-state index in [0.29, 0.717) is 13.1 Å². The summed E-state index contributed by atoms with van der Waals surface area (Å²) in [4.78, 5) is 28.7. The van der Waals surface area contributed by atoms with Crippen LogP contribution in [-0.4, -0.2) is 56.2 Å². The molecule has 0 atom stereocenters. The van der Waals surface area contributed by atoms with Gasteiger partial charge >= 0.3 is 11.9 Å². The van der Waals surface area contributed by atoms with E-state index in [1.807, 2.05) is 11.0 Å². The number of benzene rings is 1. The van der Waals surface area contributed by atoms with Gasteiger partial charge in [0.1, 0.15) is 23.0 Å². The van der Waals surface area contributed by atoms with E-state index in [2.05, 4.69) is 30.9 Å². The second kappa shape index (κ2) is 11.1. The minimum absolute atomic E-state index is 0.0213. The number of para-hydroxylation sites is 1. The monoisotopic (exact) mass is 426 g/mol. The molecule has 1 aliphatic heterocycles. The maximum atomic E-state index is 12.5. The third-order valence-electron chi connectivity index (χ3n) is 5.05. The van der Waals surface area contributed by atoms with Crippen molar-refractivity contribution >= 4 is 17.6 Å². The van der Waals surface area contributed by atoms with Crippen molar-refractivity contribution in [2.24, 2.45) is 5.73 Å². The zero-order chi connectivity index (χ0) is 23.0. The second-order valence-corrected chi connectivity index (χ2v) is 7.12. The zero-order valence-electron chi connectivity index (χ0n) is 18.6. The molecule has 2 N–H and O–H groups in total. The van der Waals surface area contributed by atoms with Gasteiger partial charge in [0.15, 0.2) is 0 Å². The highest BCUT2D eigenvalue weighted by atomic mass is 16.5. The second-order valence-electron chi connectivity index (χ2n) is 7.12. The van der Waals surface area contributed by atoms with E-state index >= 15 is 0 Å². The fourth-order valence-corrected chi connectivity index (χ4v) is 3.58. The number of rotatable bonds is 7. The van der Waals surface area contributed by atoms with Crippen LogP contribution in [0.4, 0.5) is 5.69 Å². The van der Waals surface area contributed by atoms with E-state index in [1.165, 1.54) is 16.8 Å². The van der Waals surface area contributed by atoms with E-state index in [0.717, 1.165) is 19.2 Å². The number of piperazine rings is 1. The first-order valence-electron chi connectivity index (χ1n) is 10.4. The highest BCUT2D eigenvalue weighted by molar-refractivity contribution is 5.99. The minimum atomic E-state index is -0.806. The predicted octanol–water partition coefficient (Wildman–Crippen LogP) is 2.17. The van der Waals surface area contributed by atoms with Crippen LogP contribution in [0.15, 0.2) is 41.2 Å². The summed E-state index contributed by atoms with van der Waals surface area (Å²) in [6.07, 6.45) is 1.16. The molecule has 166 valence electrons. The van der Waals surface area contributed by atoms with Gasteiger partial charge in [-0.3, -0.25) is 0 Å². The summed E-state index contributed by atoms with van der Waals surface area (Å²) < 4.78 is 9.98. The Morgan fingerprint density at radius 1 is 1.06 bits per heavy atom. The van der Waals surface area contributed by atoms with E-state index in [1.54, 1.807) is 19.9 Å². The van der Waals surface area contributed by atoms with Gasteiger partial charge in [-0.15, -0.1) is 0 Å². The minimum Gasteiger partial charge on any atom is -0.462 e. The van der Waals surface area contributed by atoms with Crippen LogP contribution in [0.2, 0.25) is 0 Å². The number of hydrogen-bond donors (Lipinski definition) is 1. The molecule has 1 aromatic rings. The molecule has 31 heavy (non-hydrogen) atoms. The van der Waals surface area contributed by atoms with Gasteiger partial charge < -0.3 is 25.0 Å². The van der Waals surface area contributed by atoms with Crippen LogP contribution < -0.4 is 10.6 Å². The first-order valence-corrected chi connectivity index (χ1v) is 10.4. The number of nitrogens with two attached hydrogens (primary N) is 1. The Balaban J connectivity index is 2.30. The molecular formula is C23H30N4O4. The summed E-state index contributed by atoms with van der Waals surface area (Å²) >= 11 is 0.